The van der Waals surface area contributed by atoms with Gasteiger partial charge in [0.15, 0.2) is 5.16 Å². The number of benzene rings is 1. The maximum atomic E-state index is 12.4. The summed E-state index contributed by atoms with van der Waals surface area (Å²) in [4.78, 5) is 17.1. The SMILES string of the molecule is Cc1ccc(Cl)c(NC(=O)CSc2nc(C)c(C)n2C2CCCC2)c1Cl. The minimum Gasteiger partial charge on any atom is -0.323 e. The largest absolute Gasteiger partial charge is 0.323 e. The van der Waals surface area contributed by atoms with Crippen molar-refractivity contribution < 1.29 is 4.79 Å². The molecule has 1 aromatic heterocycles. The van der Waals surface area contributed by atoms with Crippen LogP contribution in [0, 0.1) is 20.8 Å². The maximum absolute atomic E-state index is 12.4. The number of carbonyl (C=O) groups excluding carboxylic acids is 1. The van der Waals surface area contributed by atoms with Crippen LogP contribution in [0.15, 0.2) is 17.3 Å². The van der Waals surface area contributed by atoms with Gasteiger partial charge in [-0.05, 0) is 45.2 Å². The molecule has 4 nitrogen and oxygen atoms in total. The van der Waals surface area contributed by atoms with Gasteiger partial charge in [-0.3, -0.25) is 4.79 Å². The smallest absolute Gasteiger partial charge is 0.234 e. The number of thioether (sulfide) groups is 1. The summed E-state index contributed by atoms with van der Waals surface area (Å²) in [6.45, 7) is 6.02. The van der Waals surface area contributed by atoms with E-state index in [9.17, 15) is 4.79 Å². The molecule has 0 bridgehead atoms. The van der Waals surface area contributed by atoms with Crippen molar-refractivity contribution in [2.24, 2.45) is 0 Å². The minimum atomic E-state index is -0.138. The summed E-state index contributed by atoms with van der Waals surface area (Å²) in [7, 11) is 0. The summed E-state index contributed by atoms with van der Waals surface area (Å²) in [6.07, 6.45) is 4.89. The predicted octanol–water partition coefficient (Wildman–Crippen LogP) is 5.96. The summed E-state index contributed by atoms with van der Waals surface area (Å²) < 4.78 is 2.31. The number of nitrogens with zero attached hydrogens (tertiary/aromatic N) is 2. The van der Waals surface area contributed by atoms with Gasteiger partial charge in [0.2, 0.25) is 5.91 Å². The van der Waals surface area contributed by atoms with E-state index in [0.29, 0.717) is 21.8 Å². The molecule has 1 N–H and O–H groups in total. The van der Waals surface area contributed by atoms with Crippen LogP contribution >= 0.6 is 35.0 Å². The molecule has 1 saturated carbocycles. The summed E-state index contributed by atoms with van der Waals surface area (Å²) >= 11 is 13.9. The Kier molecular flexibility index (Phi) is 6.21. The van der Waals surface area contributed by atoms with E-state index in [-0.39, 0.29) is 11.7 Å². The molecular formula is C19H23Cl2N3OS. The fourth-order valence-electron chi connectivity index (χ4n) is 3.37. The number of aryl methyl sites for hydroxylation is 2. The Hall–Kier alpha value is -1.17. The quantitative estimate of drug-likeness (QED) is 0.617. The van der Waals surface area contributed by atoms with Gasteiger partial charge in [-0.2, -0.15) is 0 Å². The third-order valence-electron chi connectivity index (χ3n) is 4.93. The molecule has 0 atom stereocenters. The molecule has 0 aliphatic heterocycles. The summed E-state index contributed by atoms with van der Waals surface area (Å²) in [5, 5.41) is 4.68. The first kappa shape index (κ1) is 19.6. The Morgan fingerprint density at radius 3 is 2.65 bits per heavy atom. The fraction of sp³-hybridized carbons (Fsp3) is 0.474. The highest BCUT2D eigenvalue weighted by Gasteiger charge is 2.23. The molecule has 0 spiro atoms. The van der Waals surface area contributed by atoms with Crippen LogP contribution in [0.1, 0.15) is 48.7 Å². The Morgan fingerprint density at radius 1 is 1.27 bits per heavy atom. The first-order chi connectivity index (χ1) is 12.4. The summed E-state index contributed by atoms with van der Waals surface area (Å²) in [5.41, 5.74) is 3.58. The van der Waals surface area contributed by atoms with Crippen LogP contribution in [0.2, 0.25) is 10.0 Å². The molecule has 1 aliphatic carbocycles. The zero-order valence-electron chi connectivity index (χ0n) is 15.2. The van der Waals surface area contributed by atoms with Crippen molar-refractivity contribution in [2.45, 2.75) is 57.7 Å². The van der Waals surface area contributed by atoms with Gasteiger partial charge >= 0.3 is 0 Å². The standard InChI is InChI=1S/C19H23Cl2N3OS/c1-11-8-9-15(20)18(17(11)21)23-16(25)10-26-19-22-12(2)13(3)24(19)14-6-4-5-7-14/h8-9,14H,4-7,10H2,1-3H3,(H,23,25). The van der Waals surface area contributed by atoms with Gasteiger partial charge in [-0.15, -0.1) is 0 Å². The third kappa shape index (κ3) is 4.05. The Balaban J connectivity index is 1.71. The van der Waals surface area contributed by atoms with Gasteiger partial charge in [0.1, 0.15) is 0 Å². The molecule has 26 heavy (non-hydrogen) atoms. The van der Waals surface area contributed by atoms with Crippen LogP contribution in [0.5, 0.6) is 0 Å². The number of anilines is 1. The second-order valence-corrected chi connectivity index (χ2v) is 8.49. The highest BCUT2D eigenvalue weighted by molar-refractivity contribution is 7.99. The second-order valence-electron chi connectivity index (χ2n) is 6.76. The Bertz CT molecular complexity index is 829. The first-order valence-corrected chi connectivity index (χ1v) is 10.5. The van der Waals surface area contributed by atoms with E-state index in [2.05, 4.69) is 21.8 Å². The number of halogens is 2. The van der Waals surface area contributed by atoms with Gasteiger partial charge in [-0.25, -0.2) is 4.98 Å². The Morgan fingerprint density at radius 2 is 1.96 bits per heavy atom. The van der Waals surface area contributed by atoms with E-state index in [1.54, 1.807) is 6.07 Å². The molecule has 2 aromatic rings. The Labute approximate surface area is 168 Å². The molecule has 1 amide bonds. The summed E-state index contributed by atoms with van der Waals surface area (Å²) in [6, 6.07) is 4.08. The molecule has 0 radical (unpaired) electrons. The fourth-order valence-corrected chi connectivity index (χ4v) is 4.79. The molecule has 140 valence electrons. The monoisotopic (exact) mass is 411 g/mol. The molecular weight excluding hydrogens is 389 g/mol. The van der Waals surface area contributed by atoms with E-state index in [1.165, 1.54) is 43.1 Å². The molecule has 1 aromatic carbocycles. The summed E-state index contributed by atoms with van der Waals surface area (Å²) in [5.74, 6) is 0.129. The van der Waals surface area contributed by atoms with E-state index < -0.39 is 0 Å². The van der Waals surface area contributed by atoms with E-state index in [4.69, 9.17) is 23.2 Å². The predicted molar refractivity (Wildman–Crippen MR) is 110 cm³/mol. The molecule has 1 heterocycles. The van der Waals surface area contributed by atoms with Crippen LogP contribution in [-0.4, -0.2) is 21.2 Å². The number of imidazole rings is 1. The highest BCUT2D eigenvalue weighted by Crippen LogP contribution is 2.36. The zero-order valence-corrected chi connectivity index (χ0v) is 17.6. The van der Waals surface area contributed by atoms with Gasteiger partial charge in [-0.1, -0.05) is 53.9 Å². The van der Waals surface area contributed by atoms with Gasteiger partial charge in [0.25, 0.3) is 0 Å². The van der Waals surface area contributed by atoms with Crippen molar-refractivity contribution >= 4 is 46.6 Å². The van der Waals surface area contributed by atoms with E-state index in [0.717, 1.165) is 16.4 Å². The maximum Gasteiger partial charge on any atom is 0.234 e. The lowest BCUT2D eigenvalue weighted by Crippen LogP contribution is -2.16. The number of hydrogen-bond acceptors (Lipinski definition) is 3. The molecule has 7 heteroatoms. The topological polar surface area (TPSA) is 46.9 Å². The van der Waals surface area contributed by atoms with Crippen LogP contribution in [0.25, 0.3) is 0 Å². The van der Waals surface area contributed by atoms with Crippen molar-refractivity contribution in [3.8, 4) is 0 Å². The second kappa shape index (κ2) is 8.24. The van der Waals surface area contributed by atoms with Gasteiger partial charge in [0.05, 0.1) is 27.2 Å². The van der Waals surface area contributed by atoms with Crippen LogP contribution in [-0.2, 0) is 4.79 Å². The highest BCUT2D eigenvalue weighted by atomic mass is 35.5. The van der Waals surface area contributed by atoms with Gasteiger partial charge in [0, 0.05) is 11.7 Å². The average molecular weight is 412 g/mol. The molecule has 1 aliphatic rings. The zero-order chi connectivity index (χ0) is 18.8. The van der Waals surface area contributed by atoms with Crippen molar-refractivity contribution in [1.29, 1.82) is 0 Å². The van der Waals surface area contributed by atoms with Gasteiger partial charge < -0.3 is 9.88 Å². The van der Waals surface area contributed by atoms with Crippen molar-refractivity contribution in [3.63, 3.8) is 0 Å². The number of hydrogen-bond donors (Lipinski definition) is 1. The van der Waals surface area contributed by atoms with E-state index in [1.807, 2.05) is 19.9 Å². The lowest BCUT2D eigenvalue weighted by atomic mass is 10.2. The number of rotatable bonds is 5. The molecule has 0 unspecified atom stereocenters. The first-order valence-electron chi connectivity index (χ1n) is 8.81. The van der Waals surface area contributed by atoms with E-state index >= 15 is 0 Å². The molecule has 1 fully saturated rings. The average Bonchev–Trinajstić information content (AvgIpc) is 3.22. The lowest BCUT2D eigenvalue weighted by Gasteiger charge is -2.17. The normalized spacial score (nSPS) is 14.8. The number of amides is 1. The van der Waals surface area contributed by atoms with Crippen molar-refractivity contribution in [1.82, 2.24) is 9.55 Å². The van der Waals surface area contributed by atoms with Crippen LogP contribution < -0.4 is 5.32 Å². The van der Waals surface area contributed by atoms with Crippen molar-refractivity contribution in [3.05, 3.63) is 39.1 Å². The minimum absolute atomic E-state index is 0.138. The number of aromatic nitrogens is 2. The number of nitrogens with one attached hydrogen (secondary N) is 1. The molecule has 0 saturated heterocycles. The third-order valence-corrected chi connectivity index (χ3v) is 6.68. The molecule has 3 rings (SSSR count). The number of carbonyl (C=O) groups is 1. The van der Waals surface area contributed by atoms with Crippen LogP contribution in [0.4, 0.5) is 5.69 Å². The van der Waals surface area contributed by atoms with Crippen LogP contribution in [0.3, 0.4) is 0 Å². The lowest BCUT2D eigenvalue weighted by molar-refractivity contribution is -0.113. The van der Waals surface area contributed by atoms with Crippen molar-refractivity contribution in [2.75, 3.05) is 11.1 Å².